The van der Waals surface area contributed by atoms with Crippen molar-refractivity contribution < 1.29 is 9.53 Å². The summed E-state index contributed by atoms with van der Waals surface area (Å²) >= 11 is 5.59. The number of nitrogens with zero attached hydrogens (tertiary/aromatic N) is 2. The number of amides is 1. The van der Waals surface area contributed by atoms with E-state index >= 15 is 0 Å². The summed E-state index contributed by atoms with van der Waals surface area (Å²) in [5, 5.41) is 2.97. The Balaban J connectivity index is 1.74. The van der Waals surface area contributed by atoms with Crippen LogP contribution in [0, 0.1) is 0 Å². The van der Waals surface area contributed by atoms with Crippen LogP contribution in [0.2, 0.25) is 5.15 Å². The normalized spacial score (nSPS) is 19.2. The lowest BCUT2D eigenvalue weighted by molar-refractivity contribution is -0.116. The minimum absolute atomic E-state index is 0.0721. The van der Waals surface area contributed by atoms with Crippen molar-refractivity contribution in [3.8, 4) is 0 Å². The fourth-order valence-electron chi connectivity index (χ4n) is 1.75. The number of rotatable bonds is 4. The molecule has 92 valence electrons. The number of carbonyl (C=O) groups is 1. The van der Waals surface area contributed by atoms with Crippen molar-refractivity contribution in [2.75, 3.05) is 11.9 Å². The molecule has 1 N–H and O–H groups in total. The molecule has 6 heteroatoms. The van der Waals surface area contributed by atoms with Crippen molar-refractivity contribution >= 4 is 23.3 Å². The van der Waals surface area contributed by atoms with Gasteiger partial charge in [-0.15, -0.1) is 0 Å². The van der Waals surface area contributed by atoms with E-state index < -0.39 is 0 Å². The first-order chi connectivity index (χ1) is 8.24. The summed E-state index contributed by atoms with van der Waals surface area (Å²) in [6.45, 7) is 0.814. The van der Waals surface area contributed by atoms with Gasteiger partial charge in [-0.2, -0.15) is 0 Å². The van der Waals surface area contributed by atoms with E-state index in [0.29, 0.717) is 17.4 Å². The minimum atomic E-state index is -0.0721. The molecule has 1 saturated heterocycles. The van der Waals surface area contributed by atoms with Gasteiger partial charge < -0.3 is 10.1 Å². The Morgan fingerprint density at radius 3 is 3.06 bits per heavy atom. The Morgan fingerprint density at radius 2 is 2.41 bits per heavy atom. The first kappa shape index (κ1) is 12.3. The number of carbonyl (C=O) groups excluding carboxylic acids is 1. The van der Waals surface area contributed by atoms with Gasteiger partial charge in [-0.25, -0.2) is 9.97 Å². The standard InChI is InChI=1S/C11H14ClN3O2/c12-9-6-14-10(7-13-9)15-11(16)4-3-8-2-1-5-17-8/h6-8H,1-5H2,(H,14,15,16). The third kappa shape index (κ3) is 3.94. The maximum Gasteiger partial charge on any atom is 0.225 e. The highest BCUT2D eigenvalue weighted by Crippen LogP contribution is 2.17. The number of hydrogen-bond acceptors (Lipinski definition) is 4. The first-order valence-corrected chi connectivity index (χ1v) is 6.01. The highest BCUT2D eigenvalue weighted by atomic mass is 35.5. The van der Waals surface area contributed by atoms with E-state index in [1.165, 1.54) is 12.4 Å². The molecular formula is C11H14ClN3O2. The van der Waals surface area contributed by atoms with Gasteiger partial charge in [0, 0.05) is 13.0 Å². The smallest absolute Gasteiger partial charge is 0.225 e. The van der Waals surface area contributed by atoms with Crippen molar-refractivity contribution in [1.82, 2.24) is 9.97 Å². The number of halogens is 1. The monoisotopic (exact) mass is 255 g/mol. The van der Waals surface area contributed by atoms with Crippen LogP contribution in [0.15, 0.2) is 12.4 Å². The van der Waals surface area contributed by atoms with Gasteiger partial charge in [-0.1, -0.05) is 11.6 Å². The molecule has 17 heavy (non-hydrogen) atoms. The third-order valence-electron chi connectivity index (χ3n) is 2.61. The summed E-state index contributed by atoms with van der Waals surface area (Å²) in [6, 6.07) is 0. The van der Waals surface area contributed by atoms with Crippen molar-refractivity contribution in [3.63, 3.8) is 0 Å². The van der Waals surface area contributed by atoms with Crippen LogP contribution < -0.4 is 5.32 Å². The summed E-state index contributed by atoms with van der Waals surface area (Å²) in [6.07, 6.45) is 6.41. The lowest BCUT2D eigenvalue weighted by Crippen LogP contribution is -2.16. The summed E-state index contributed by atoms with van der Waals surface area (Å²) in [5.74, 6) is 0.351. The SMILES string of the molecule is O=C(CCC1CCCO1)Nc1cnc(Cl)cn1. The van der Waals surface area contributed by atoms with Crippen LogP contribution >= 0.6 is 11.6 Å². The molecule has 0 aromatic carbocycles. The quantitative estimate of drug-likeness (QED) is 0.894. The topological polar surface area (TPSA) is 64.1 Å². The van der Waals surface area contributed by atoms with Gasteiger partial charge in [0.25, 0.3) is 0 Å². The maximum atomic E-state index is 11.6. The van der Waals surface area contributed by atoms with Crippen LogP contribution in [0.4, 0.5) is 5.82 Å². The van der Waals surface area contributed by atoms with Crippen molar-refractivity contribution in [1.29, 1.82) is 0 Å². The molecule has 1 aliphatic rings. The average Bonchev–Trinajstić information content (AvgIpc) is 2.83. The summed E-state index contributed by atoms with van der Waals surface area (Å²) < 4.78 is 5.44. The number of ether oxygens (including phenoxy) is 1. The van der Waals surface area contributed by atoms with Crippen LogP contribution in [0.3, 0.4) is 0 Å². The van der Waals surface area contributed by atoms with E-state index in [1.54, 1.807) is 0 Å². The van der Waals surface area contributed by atoms with Gasteiger partial charge in [-0.3, -0.25) is 4.79 Å². The molecule has 1 aromatic heterocycles. The van der Waals surface area contributed by atoms with Gasteiger partial charge >= 0.3 is 0 Å². The zero-order valence-electron chi connectivity index (χ0n) is 9.36. The van der Waals surface area contributed by atoms with Crippen molar-refractivity contribution in [2.45, 2.75) is 31.8 Å². The molecule has 1 amide bonds. The van der Waals surface area contributed by atoms with E-state index in [0.717, 1.165) is 25.9 Å². The molecule has 2 heterocycles. The zero-order valence-corrected chi connectivity index (χ0v) is 10.1. The number of anilines is 1. The van der Waals surface area contributed by atoms with E-state index in [1.807, 2.05) is 0 Å². The zero-order chi connectivity index (χ0) is 12.1. The van der Waals surface area contributed by atoms with Gasteiger partial charge in [0.2, 0.25) is 5.91 Å². The molecular weight excluding hydrogens is 242 g/mol. The highest BCUT2D eigenvalue weighted by Gasteiger charge is 2.16. The second-order valence-corrected chi connectivity index (χ2v) is 4.33. The number of nitrogens with one attached hydrogen (secondary N) is 1. The lowest BCUT2D eigenvalue weighted by atomic mass is 10.1. The van der Waals surface area contributed by atoms with Crippen LogP contribution in [0.5, 0.6) is 0 Å². The van der Waals surface area contributed by atoms with Crippen LogP contribution in [0.1, 0.15) is 25.7 Å². The second-order valence-electron chi connectivity index (χ2n) is 3.95. The molecule has 1 fully saturated rings. The molecule has 1 aliphatic heterocycles. The largest absolute Gasteiger partial charge is 0.378 e. The maximum absolute atomic E-state index is 11.6. The predicted molar refractivity (Wildman–Crippen MR) is 63.9 cm³/mol. The lowest BCUT2D eigenvalue weighted by Gasteiger charge is -2.08. The molecule has 1 aromatic rings. The van der Waals surface area contributed by atoms with E-state index in [4.69, 9.17) is 16.3 Å². The number of hydrogen-bond donors (Lipinski definition) is 1. The molecule has 2 rings (SSSR count). The first-order valence-electron chi connectivity index (χ1n) is 5.63. The van der Waals surface area contributed by atoms with Crippen molar-refractivity contribution in [2.24, 2.45) is 0 Å². The second kappa shape index (κ2) is 5.93. The Hall–Kier alpha value is -1.20. The molecule has 1 unspecified atom stereocenters. The Labute approximate surface area is 105 Å². The van der Waals surface area contributed by atoms with Gasteiger partial charge in [0.1, 0.15) is 5.15 Å². The van der Waals surface area contributed by atoms with E-state index in [9.17, 15) is 4.79 Å². The average molecular weight is 256 g/mol. The fraction of sp³-hybridized carbons (Fsp3) is 0.545. The Kier molecular flexibility index (Phi) is 4.28. The minimum Gasteiger partial charge on any atom is -0.378 e. The van der Waals surface area contributed by atoms with E-state index in [-0.39, 0.29) is 12.0 Å². The third-order valence-corrected chi connectivity index (χ3v) is 2.80. The van der Waals surface area contributed by atoms with Crippen LogP contribution in [-0.4, -0.2) is 28.6 Å². The number of aromatic nitrogens is 2. The molecule has 0 saturated carbocycles. The summed E-state index contributed by atoms with van der Waals surface area (Å²) in [5.41, 5.74) is 0. The van der Waals surface area contributed by atoms with Gasteiger partial charge in [-0.05, 0) is 19.3 Å². The molecule has 1 atom stereocenters. The molecule has 0 radical (unpaired) electrons. The van der Waals surface area contributed by atoms with Crippen molar-refractivity contribution in [3.05, 3.63) is 17.5 Å². The fourth-order valence-corrected chi connectivity index (χ4v) is 1.84. The Morgan fingerprint density at radius 1 is 1.53 bits per heavy atom. The summed E-state index contributed by atoms with van der Waals surface area (Å²) in [7, 11) is 0. The van der Waals surface area contributed by atoms with Gasteiger partial charge in [0.15, 0.2) is 5.82 Å². The predicted octanol–water partition coefficient (Wildman–Crippen LogP) is 2.03. The highest BCUT2D eigenvalue weighted by molar-refractivity contribution is 6.29. The Bertz CT molecular complexity index is 377. The van der Waals surface area contributed by atoms with Gasteiger partial charge in [0.05, 0.1) is 18.5 Å². The summed E-state index contributed by atoms with van der Waals surface area (Å²) in [4.78, 5) is 19.4. The molecule has 0 spiro atoms. The van der Waals surface area contributed by atoms with Crippen LogP contribution in [0.25, 0.3) is 0 Å². The van der Waals surface area contributed by atoms with E-state index in [2.05, 4.69) is 15.3 Å². The molecule has 0 aliphatic carbocycles. The van der Waals surface area contributed by atoms with Crippen LogP contribution in [-0.2, 0) is 9.53 Å². The molecule has 5 nitrogen and oxygen atoms in total. The molecule has 0 bridgehead atoms.